The maximum Gasteiger partial charge on any atom is 0.271 e. The topological polar surface area (TPSA) is 127 Å². The third-order valence-electron chi connectivity index (χ3n) is 3.79. The second-order valence-electron chi connectivity index (χ2n) is 5.88. The van der Waals surface area contributed by atoms with Crippen molar-refractivity contribution < 1.29 is 22.9 Å². The van der Waals surface area contributed by atoms with Crippen LogP contribution < -0.4 is 9.62 Å². The molecule has 1 atom stereocenters. The first-order valence-electron chi connectivity index (χ1n) is 8.00. The summed E-state index contributed by atoms with van der Waals surface area (Å²) in [6.45, 7) is 2.53. The van der Waals surface area contributed by atoms with E-state index in [0.29, 0.717) is 9.99 Å². The highest BCUT2D eigenvalue weighted by Crippen LogP contribution is 2.35. The maximum absolute atomic E-state index is 13.2. The molecule has 0 heterocycles. The van der Waals surface area contributed by atoms with E-state index in [0.717, 1.165) is 18.2 Å². The number of rotatable bonds is 7. The molecule has 0 radical (unpaired) electrons. The van der Waals surface area contributed by atoms with Crippen LogP contribution >= 0.6 is 23.2 Å². The van der Waals surface area contributed by atoms with Crippen LogP contribution in [0.4, 0.5) is 17.1 Å². The van der Waals surface area contributed by atoms with E-state index in [2.05, 4.69) is 5.32 Å². The average molecular weight is 460 g/mol. The minimum Gasteiger partial charge on any atom is -0.326 e. The first-order valence-corrected chi connectivity index (χ1v) is 10.2. The molecular weight excluding hydrogens is 445 g/mol. The lowest BCUT2D eigenvalue weighted by Crippen LogP contribution is -2.42. The molecule has 1 unspecified atom stereocenters. The van der Waals surface area contributed by atoms with Gasteiger partial charge in [-0.15, -0.1) is 0 Å². The predicted octanol–water partition coefficient (Wildman–Crippen LogP) is 3.56. The summed E-state index contributed by atoms with van der Waals surface area (Å²) in [5, 5.41) is 12.5. The first-order chi connectivity index (χ1) is 13.4. The summed E-state index contributed by atoms with van der Waals surface area (Å²) in [5.74, 6) is -0.341. The summed E-state index contributed by atoms with van der Waals surface area (Å²) in [6, 6.07) is 6.94. The Labute approximate surface area is 176 Å². The highest BCUT2D eigenvalue weighted by atomic mass is 35.5. The number of halogens is 2. The molecule has 0 saturated carbocycles. The van der Waals surface area contributed by atoms with Gasteiger partial charge in [0.2, 0.25) is 11.1 Å². The van der Waals surface area contributed by atoms with Crippen molar-refractivity contribution in [3.63, 3.8) is 0 Å². The second-order valence-corrected chi connectivity index (χ2v) is 8.47. The van der Waals surface area contributed by atoms with Gasteiger partial charge in [-0.25, -0.2) is 8.42 Å². The number of nitro groups is 1. The Morgan fingerprint density at radius 2 is 1.76 bits per heavy atom. The van der Waals surface area contributed by atoms with Crippen molar-refractivity contribution in [1.29, 1.82) is 0 Å². The number of carbonyl (C=O) groups excluding carboxylic acids is 2. The molecule has 12 heteroatoms. The third kappa shape index (κ3) is 5.03. The Hall–Kier alpha value is -2.69. The molecule has 0 aliphatic carbocycles. The lowest BCUT2D eigenvalue weighted by atomic mass is 10.2. The molecule has 2 aromatic carbocycles. The van der Waals surface area contributed by atoms with Crippen molar-refractivity contribution in [3.05, 3.63) is 57.6 Å². The van der Waals surface area contributed by atoms with Crippen LogP contribution in [0.15, 0.2) is 47.4 Å². The van der Waals surface area contributed by atoms with Crippen LogP contribution in [0.5, 0.6) is 0 Å². The molecule has 2 rings (SSSR count). The van der Waals surface area contributed by atoms with E-state index in [1.54, 1.807) is 0 Å². The number of benzene rings is 2. The van der Waals surface area contributed by atoms with Crippen LogP contribution in [-0.4, -0.2) is 30.5 Å². The standard InChI is InChI=1S/C17H15Cl2N3O6S/c1-10(17(19)24)21(16-9-13(22(25)26)5-8-15(16)18)29(27,28)14-6-3-12(4-7-14)20-11(2)23/h3-10H,1-2H3,(H,20,23). The van der Waals surface area contributed by atoms with Crippen LogP contribution in [0.25, 0.3) is 0 Å². The number of sulfonamides is 1. The van der Waals surface area contributed by atoms with Gasteiger partial charge in [0.1, 0.15) is 6.04 Å². The Bertz CT molecular complexity index is 1070. The third-order valence-corrected chi connectivity index (χ3v) is 6.32. The number of nitro benzene ring substituents is 1. The van der Waals surface area contributed by atoms with Gasteiger partial charge >= 0.3 is 0 Å². The highest BCUT2D eigenvalue weighted by molar-refractivity contribution is 7.93. The van der Waals surface area contributed by atoms with Gasteiger partial charge in [0.05, 0.1) is 20.5 Å². The summed E-state index contributed by atoms with van der Waals surface area (Å²) >= 11 is 11.6. The van der Waals surface area contributed by atoms with Crippen molar-refractivity contribution in [1.82, 2.24) is 0 Å². The Morgan fingerprint density at radius 1 is 1.17 bits per heavy atom. The SMILES string of the molecule is CC(=O)Nc1ccc(S(=O)(=O)N(c2cc([N+](=O)[O-])ccc2Cl)C(C)C(=O)Cl)cc1. The number of hydrogen-bond donors (Lipinski definition) is 1. The number of nitrogens with one attached hydrogen (secondary N) is 1. The fourth-order valence-corrected chi connectivity index (χ4v) is 4.49. The van der Waals surface area contributed by atoms with Crippen LogP contribution in [0, 0.1) is 10.1 Å². The molecule has 2 aromatic rings. The van der Waals surface area contributed by atoms with Gasteiger partial charge in [0, 0.05) is 24.7 Å². The van der Waals surface area contributed by atoms with E-state index in [1.807, 2.05) is 0 Å². The molecule has 9 nitrogen and oxygen atoms in total. The van der Waals surface area contributed by atoms with Gasteiger partial charge in [0.25, 0.3) is 15.7 Å². The lowest BCUT2D eigenvalue weighted by molar-refractivity contribution is -0.384. The van der Waals surface area contributed by atoms with Crippen molar-refractivity contribution in [2.24, 2.45) is 0 Å². The smallest absolute Gasteiger partial charge is 0.271 e. The van der Waals surface area contributed by atoms with Gasteiger partial charge in [0.15, 0.2) is 0 Å². The second kappa shape index (κ2) is 8.76. The molecule has 1 amide bonds. The summed E-state index contributed by atoms with van der Waals surface area (Å²) in [7, 11) is -4.40. The number of anilines is 2. The molecular formula is C17H15Cl2N3O6S. The maximum atomic E-state index is 13.2. The minimum atomic E-state index is -4.40. The number of hydrogen-bond acceptors (Lipinski definition) is 6. The molecule has 0 saturated heterocycles. The van der Waals surface area contributed by atoms with Gasteiger partial charge in [-0.1, -0.05) is 11.6 Å². The fraction of sp³-hybridized carbons (Fsp3) is 0.176. The summed E-state index contributed by atoms with van der Waals surface area (Å²) in [4.78, 5) is 33.0. The van der Waals surface area contributed by atoms with Gasteiger partial charge in [-0.2, -0.15) is 0 Å². The van der Waals surface area contributed by atoms with Crippen LogP contribution in [0.1, 0.15) is 13.8 Å². The van der Waals surface area contributed by atoms with Crippen LogP contribution in [-0.2, 0) is 19.6 Å². The summed E-state index contributed by atoms with van der Waals surface area (Å²) in [5.41, 5.74) is -0.328. The van der Waals surface area contributed by atoms with E-state index in [9.17, 15) is 28.1 Å². The monoisotopic (exact) mass is 459 g/mol. The van der Waals surface area contributed by atoms with Crippen molar-refractivity contribution >= 4 is 61.4 Å². The number of amides is 1. The molecule has 1 N–H and O–H groups in total. The molecule has 0 spiro atoms. The zero-order chi connectivity index (χ0) is 21.9. The number of nitrogens with zero attached hydrogens (tertiary/aromatic N) is 2. The van der Waals surface area contributed by atoms with E-state index in [4.69, 9.17) is 23.2 Å². The van der Waals surface area contributed by atoms with Crippen molar-refractivity contribution in [2.45, 2.75) is 24.8 Å². The lowest BCUT2D eigenvalue weighted by Gasteiger charge is -2.29. The Kier molecular flexibility index (Phi) is 6.83. The molecule has 0 aliphatic rings. The first kappa shape index (κ1) is 22.6. The van der Waals surface area contributed by atoms with Crippen molar-refractivity contribution in [3.8, 4) is 0 Å². The molecule has 0 aromatic heterocycles. The van der Waals surface area contributed by atoms with E-state index in [-0.39, 0.29) is 21.5 Å². The predicted molar refractivity (Wildman–Crippen MR) is 109 cm³/mol. The summed E-state index contributed by atoms with van der Waals surface area (Å²) in [6.07, 6.45) is 0. The zero-order valence-corrected chi connectivity index (χ0v) is 17.5. The Balaban J connectivity index is 2.64. The average Bonchev–Trinajstić information content (AvgIpc) is 2.62. The van der Waals surface area contributed by atoms with E-state index < -0.39 is 31.9 Å². The quantitative estimate of drug-likeness (QED) is 0.383. The van der Waals surface area contributed by atoms with Gasteiger partial charge in [-0.3, -0.25) is 24.0 Å². The zero-order valence-electron chi connectivity index (χ0n) is 15.1. The molecule has 29 heavy (non-hydrogen) atoms. The highest BCUT2D eigenvalue weighted by Gasteiger charge is 2.35. The van der Waals surface area contributed by atoms with Gasteiger partial charge < -0.3 is 5.32 Å². The van der Waals surface area contributed by atoms with Crippen LogP contribution in [0.3, 0.4) is 0 Å². The van der Waals surface area contributed by atoms with E-state index in [1.165, 1.54) is 38.1 Å². The largest absolute Gasteiger partial charge is 0.326 e. The fourth-order valence-electron chi connectivity index (χ4n) is 2.45. The normalized spacial score (nSPS) is 12.1. The van der Waals surface area contributed by atoms with Crippen LogP contribution in [0.2, 0.25) is 5.02 Å². The minimum absolute atomic E-state index is 0.126. The van der Waals surface area contributed by atoms with Crippen molar-refractivity contribution in [2.75, 3.05) is 9.62 Å². The molecule has 0 fully saturated rings. The molecule has 0 bridgehead atoms. The Morgan fingerprint density at radius 3 is 2.24 bits per heavy atom. The van der Waals surface area contributed by atoms with E-state index >= 15 is 0 Å². The summed E-state index contributed by atoms with van der Waals surface area (Å²) < 4.78 is 27.1. The van der Waals surface area contributed by atoms with Gasteiger partial charge in [-0.05, 0) is 48.9 Å². The molecule has 0 aliphatic heterocycles. The molecule has 154 valence electrons. The number of non-ortho nitro benzene ring substituents is 1. The number of carbonyl (C=O) groups is 2.